The van der Waals surface area contributed by atoms with Crippen LogP contribution in [0.1, 0.15) is 21.6 Å². The second kappa shape index (κ2) is 6.68. The Bertz CT molecular complexity index is 584. The Morgan fingerprint density at radius 2 is 2.05 bits per heavy atom. The topological polar surface area (TPSA) is 80.0 Å². The number of amides is 1. The molecule has 20 heavy (non-hydrogen) atoms. The Morgan fingerprint density at radius 3 is 2.75 bits per heavy atom. The number of rotatable bonds is 5. The number of hydrazine groups is 1. The SMILES string of the molecule is Cc1cc(NN)c(C(=O)NCCc2ccccc2)cn1. The zero-order valence-corrected chi connectivity index (χ0v) is 11.4. The fourth-order valence-corrected chi connectivity index (χ4v) is 1.92. The molecule has 2 rings (SSSR count). The molecule has 1 aromatic heterocycles. The first-order valence-corrected chi connectivity index (χ1v) is 6.46. The molecule has 104 valence electrons. The fourth-order valence-electron chi connectivity index (χ4n) is 1.92. The number of anilines is 1. The van der Waals surface area contributed by atoms with Gasteiger partial charge in [-0.3, -0.25) is 15.6 Å². The van der Waals surface area contributed by atoms with E-state index in [4.69, 9.17) is 5.84 Å². The van der Waals surface area contributed by atoms with Gasteiger partial charge < -0.3 is 10.7 Å². The number of aromatic nitrogens is 1. The fraction of sp³-hybridized carbons (Fsp3) is 0.200. The number of pyridine rings is 1. The van der Waals surface area contributed by atoms with Crippen LogP contribution in [-0.2, 0) is 6.42 Å². The molecule has 5 nitrogen and oxygen atoms in total. The molecule has 0 aliphatic rings. The van der Waals surface area contributed by atoms with Crippen molar-refractivity contribution in [2.24, 2.45) is 5.84 Å². The van der Waals surface area contributed by atoms with Crippen molar-refractivity contribution in [1.29, 1.82) is 0 Å². The van der Waals surface area contributed by atoms with E-state index in [1.54, 1.807) is 6.07 Å². The van der Waals surface area contributed by atoms with E-state index in [0.717, 1.165) is 12.1 Å². The van der Waals surface area contributed by atoms with Crippen LogP contribution in [0.4, 0.5) is 5.69 Å². The lowest BCUT2D eigenvalue weighted by atomic mass is 10.1. The van der Waals surface area contributed by atoms with Crippen molar-refractivity contribution in [1.82, 2.24) is 10.3 Å². The summed E-state index contributed by atoms with van der Waals surface area (Å²) in [4.78, 5) is 16.2. The normalized spacial score (nSPS) is 10.1. The number of carbonyl (C=O) groups is 1. The summed E-state index contributed by atoms with van der Waals surface area (Å²) in [6.45, 7) is 2.42. The van der Waals surface area contributed by atoms with Gasteiger partial charge in [0.25, 0.3) is 5.91 Å². The van der Waals surface area contributed by atoms with Gasteiger partial charge in [0, 0.05) is 18.4 Å². The monoisotopic (exact) mass is 270 g/mol. The van der Waals surface area contributed by atoms with Gasteiger partial charge in [0.1, 0.15) is 0 Å². The van der Waals surface area contributed by atoms with E-state index in [2.05, 4.69) is 15.7 Å². The summed E-state index contributed by atoms with van der Waals surface area (Å²) in [5.41, 5.74) is 5.54. The Kier molecular flexibility index (Phi) is 4.68. The number of nitrogens with one attached hydrogen (secondary N) is 2. The average Bonchev–Trinajstić information content (AvgIpc) is 2.48. The minimum atomic E-state index is -0.179. The summed E-state index contributed by atoms with van der Waals surface area (Å²) in [6.07, 6.45) is 2.32. The van der Waals surface area contributed by atoms with Crippen molar-refractivity contribution in [3.8, 4) is 0 Å². The smallest absolute Gasteiger partial charge is 0.255 e. The van der Waals surface area contributed by atoms with Crippen molar-refractivity contribution < 1.29 is 4.79 Å². The van der Waals surface area contributed by atoms with Gasteiger partial charge in [-0.05, 0) is 25.0 Å². The maximum Gasteiger partial charge on any atom is 0.255 e. The molecule has 1 amide bonds. The van der Waals surface area contributed by atoms with Gasteiger partial charge in [0.15, 0.2) is 0 Å². The summed E-state index contributed by atoms with van der Waals surface area (Å²) in [5.74, 6) is 5.24. The van der Waals surface area contributed by atoms with E-state index in [0.29, 0.717) is 17.8 Å². The number of nitrogens with zero attached hydrogens (tertiary/aromatic N) is 1. The van der Waals surface area contributed by atoms with E-state index in [1.165, 1.54) is 11.8 Å². The Hall–Kier alpha value is -2.40. The first kappa shape index (κ1) is 14.0. The highest BCUT2D eigenvalue weighted by Gasteiger charge is 2.11. The van der Waals surface area contributed by atoms with E-state index in [-0.39, 0.29) is 5.91 Å². The first-order chi connectivity index (χ1) is 9.70. The van der Waals surface area contributed by atoms with Crippen molar-refractivity contribution >= 4 is 11.6 Å². The number of nitrogen functional groups attached to an aromatic ring is 1. The number of carbonyl (C=O) groups excluding carboxylic acids is 1. The highest BCUT2D eigenvalue weighted by atomic mass is 16.1. The van der Waals surface area contributed by atoms with Crippen molar-refractivity contribution in [3.05, 3.63) is 59.4 Å². The van der Waals surface area contributed by atoms with Gasteiger partial charge in [-0.1, -0.05) is 30.3 Å². The molecule has 0 atom stereocenters. The Labute approximate surface area is 118 Å². The summed E-state index contributed by atoms with van der Waals surface area (Å²) < 4.78 is 0. The molecule has 4 N–H and O–H groups in total. The van der Waals surface area contributed by atoms with Gasteiger partial charge >= 0.3 is 0 Å². The molecular formula is C15H18N4O. The molecule has 0 bridgehead atoms. The number of aryl methyl sites for hydroxylation is 1. The third-order valence-corrected chi connectivity index (χ3v) is 2.98. The lowest BCUT2D eigenvalue weighted by Crippen LogP contribution is -2.27. The lowest BCUT2D eigenvalue weighted by Gasteiger charge is -2.10. The number of benzene rings is 1. The molecule has 2 aromatic rings. The highest BCUT2D eigenvalue weighted by Crippen LogP contribution is 2.14. The molecule has 0 saturated carbocycles. The van der Waals surface area contributed by atoms with Crippen LogP contribution in [-0.4, -0.2) is 17.4 Å². The maximum absolute atomic E-state index is 12.1. The summed E-state index contributed by atoms with van der Waals surface area (Å²) >= 11 is 0. The van der Waals surface area contributed by atoms with E-state index in [9.17, 15) is 4.79 Å². The minimum Gasteiger partial charge on any atom is -0.352 e. The second-order valence-electron chi connectivity index (χ2n) is 4.51. The third kappa shape index (κ3) is 3.55. The van der Waals surface area contributed by atoms with Crippen LogP contribution in [0, 0.1) is 6.92 Å². The maximum atomic E-state index is 12.1. The first-order valence-electron chi connectivity index (χ1n) is 6.46. The van der Waals surface area contributed by atoms with Crippen LogP contribution in [0.5, 0.6) is 0 Å². The standard InChI is InChI=1S/C15H18N4O/c1-11-9-14(19-16)13(10-18-11)15(20)17-8-7-12-5-3-2-4-6-12/h2-6,9-10H,7-8,16H2,1H3,(H,17,20)(H,18,19). The molecule has 0 spiro atoms. The summed E-state index contributed by atoms with van der Waals surface area (Å²) in [6, 6.07) is 11.7. The molecular weight excluding hydrogens is 252 g/mol. The lowest BCUT2D eigenvalue weighted by molar-refractivity contribution is 0.0954. The Balaban J connectivity index is 1.95. The second-order valence-corrected chi connectivity index (χ2v) is 4.51. The Morgan fingerprint density at radius 1 is 1.30 bits per heavy atom. The van der Waals surface area contributed by atoms with Crippen LogP contribution in [0.15, 0.2) is 42.6 Å². The van der Waals surface area contributed by atoms with Crippen molar-refractivity contribution in [2.75, 3.05) is 12.0 Å². The predicted octanol–water partition coefficient (Wildman–Crippen LogP) is 1.65. The van der Waals surface area contributed by atoms with Gasteiger partial charge in [0.2, 0.25) is 0 Å². The van der Waals surface area contributed by atoms with Gasteiger partial charge in [-0.2, -0.15) is 0 Å². The highest BCUT2D eigenvalue weighted by molar-refractivity contribution is 5.99. The predicted molar refractivity (Wildman–Crippen MR) is 79.3 cm³/mol. The summed E-state index contributed by atoms with van der Waals surface area (Å²) in [5, 5.41) is 2.87. The molecule has 0 radical (unpaired) electrons. The summed E-state index contributed by atoms with van der Waals surface area (Å²) in [7, 11) is 0. The van der Waals surface area contributed by atoms with Crippen LogP contribution in [0.2, 0.25) is 0 Å². The molecule has 5 heteroatoms. The van der Waals surface area contributed by atoms with Crippen molar-refractivity contribution in [3.63, 3.8) is 0 Å². The van der Waals surface area contributed by atoms with Gasteiger partial charge in [0.05, 0.1) is 11.3 Å². The van der Waals surface area contributed by atoms with Crippen LogP contribution < -0.4 is 16.6 Å². The number of hydrogen-bond acceptors (Lipinski definition) is 4. The molecule has 1 heterocycles. The third-order valence-electron chi connectivity index (χ3n) is 2.98. The van der Waals surface area contributed by atoms with Gasteiger partial charge in [-0.25, -0.2) is 0 Å². The molecule has 0 fully saturated rings. The van der Waals surface area contributed by atoms with Crippen LogP contribution >= 0.6 is 0 Å². The quantitative estimate of drug-likeness (QED) is 0.570. The van der Waals surface area contributed by atoms with Crippen LogP contribution in [0.3, 0.4) is 0 Å². The number of nitrogens with two attached hydrogens (primary N) is 1. The van der Waals surface area contributed by atoms with Crippen molar-refractivity contribution in [2.45, 2.75) is 13.3 Å². The minimum absolute atomic E-state index is 0.179. The molecule has 1 aromatic carbocycles. The largest absolute Gasteiger partial charge is 0.352 e. The molecule has 0 aliphatic carbocycles. The van der Waals surface area contributed by atoms with E-state index in [1.807, 2.05) is 37.3 Å². The number of hydrogen-bond donors (Lipinski definition) is 3. The molecule has 0 saturated heterocycles. The van der Waals surface area contributed by atoms with Crippen LogP contribution in [0.25, 0.3) is 0 Å². The van der Waals surface area contributed by atoms with Gasteiger partial charge in [-0.15, -0.1) is 0 Å². The molecule has 0 unspecified atom stereocenters. The van der Waals surface area contributed by atoms with E-state index >= 15 is 0 Å². The zero-order chi connectivity index (χ0) is 14.4. The molecule has 0 aliphatic heterocycles. The zero-order valence-electron chi connectivity index (χ0n) is 11.4. The average molecular weight is 270 g/mol. The van der Waals surface area contributed by atoms with E-state index < -0.39 is 0 Å².